The van der Waals surface area contributed by atoms with E-state index in [1.54, 1.807) is 27.7 Å². The highest BCUT2D eigenvalue weighted by molar-refractivity contribution is 6.01. The standard InChI is InChI=1S/C48H60N4O8/c1-5-57-43(53)47(44(54)58-6-2)33-49(29-39-21-13-9-14-22-39)37-51(31-41-25-17-11-18-26-41)35-48(45(55)59-7-3,46(56)60-8-4)36-52(32-42-27-19-12-20-28-42)38-50(34-47)30-40-23-15-10-16-24-40/h9-28H,5-8,29-38H2,1-4H3. The van der Waals surface area contributed by atoms with E-state index in [0.717, 1.165) is 22.3 Å². The fourth-order valence-electron chi connectivity index (χ4n) is 7.94. The molecule has 0 spiro atoms. The summed E-state index contributed by atoms with van der Waals surface area (Å²) in [4.78, 5) is 66.8. The Morgan fingerprint density at radius 1 is 0.383 bits per heavy atom. The molecule has 0 N–H and O–H groups in total. The third-order valence-electron chi connectivity index (χ3n) is 10.4. The Morgan fingerprint density at radius 2 is 0.583 bits per heavy atom. The Balaban J connectivity index is 1.79. The second-order valence-electron chi connectivity index (χ2n) is 15.2. The zero-order valence-electron chi connectivity index (χ0n) is 35.5. The summed E-state index contributed by atoms with van der Waals surface area (Å²) in [5, 5.41) is 0. The number of carbonyl (C=O) groups excluding carboxylic acids is 4. The van der Waals surface area contributed by atoms with Crippen LogP contribution in [0.2, 0.25) is 0 Å². The summed E-state index contributed by atoms with van der Waals surface area (Å²) < 4.78 is 23.3. The van der Waals surface area contributed by atoms with Crippen molar-refractivity contribution < 1.29 is 38.1 Å². The quantitative estimate of drug-likeness (QED) is 0.0734. The van der Waals surface area contributed by atoms with E-state index in [1.807, 2.05) is 141 Å². The first-order valence-corrected chi connectivity index (χ1v) is 20.9. The molecule has 4 aromatic rings. The number of hydrogen-bond acceptors (Lipinski definition) is 12. The van der Waals surface area contributed by atoms with Crippen LogP contribution in [0.25, 0.3) is 0 Å². The smallest absolute Gasteiger partial charge is 0.326 e. The molecule has 320 valence electrons. The van der Waals surface area contributed by atoms with E-state index < -0.39 is 34.7 Å². The van der Waals surface area contributed by atoms with Crippen molar-refractivity contribution in [1.29, 1.82) is 0 Å². The summed E-state index contributed by atoms with van der Waals surface area (Å²) in [6, 6.07) is 39.1. The molecule has 0 radical (unpaired) electrons. The summed E-state index contributed by atoms with van der Waals surface area (Å²) in [5.41, 5.74) is 0.105. The highest BCUT2D eigenvalue weighted by Gasteiger charge is 2.55. The summed E-state index contributed by atoms with van der Waals surface area (Å²) in [6.45, 7) is 8.26. The average Bonchev–Trinajstić information content (AvgIpc) is 3.24. The van der Waals surface area contributed by atoms with E-state index in [0.29, 0.717) is 26.2 Å². The number of esters is 4. The lowest BCUT2D eigenvalue weighted by Crippen LogP contribution is -2.62. The Labute approximate surface area is 354 Å². The van der Waals surface area contributed by atoms with Crippen LogP contribution >= 0.6 is 0 Å². The van der Waals surface area contributed by atoms with Gasteiger partial charge in [-0.25, -0.2) is 0 Å². The average molecular weight is 821 g/mol. The minimum atomic E-state index is -1.81. The van der Waals surface area contributed by atoms with Crippen LogP contribution in [0.4, 0.5) is 0 Å². The fourth-order valence-corrected chi connectivity index (χ4v) is 7.94. The lowest BCUT2D eigenvalue weighted by Gasteiger charge is -2.44. The minimum absolute atomic E-state index is 0.0548. The van der Waals surface area contributed by atoms with Crippen molar-refractivity contribution >= 4 is 23.9 Å². The molecule has 1 aliphatic heterocycles. The van der Waals surface area contributed by atoms with E-state index in [-0.39, 0.29) is 65.9 Å². The van der Waals surface area contributed by atoms with Gasteiger partial charge in [0.1, 0.15) is 0 Å². The van der Waals surface area contributed by atoms with Gasteiger partial charge in [0, 0.05) is 52.4 Å². The number of rotatable bonds is 16. The maximum absolute atomic E-state index is 14.7. The Hall–Kier alpha value is -5.40. The van der Waals surface area contributed by atoms with Gasteiger partial charge in [-0.15, -0.1) is 0 Å². The number of carbonyl (C=O) groups is 4. The summed E-state index contributed by atoms with van der Waals surface area (Å²) in [7, 11) is 0. The van der Waals surface area contributed by atoms with Crippen LogP contribution in [-0.2, 0) is 64.3 Å². The lowest BCUT2D eigenvalue weighted by molar-refractivity contribution is -0.179. The zero-order valence-corrected chi connectivity index (χ0v) is 35.5. The summed E-state index contributed by atoms with van der Waals surface area (Å²) in [5.74, 6) is -2.75. The Kier molecular flexibility index (Phi) is 17.4. The van der Waals surface area contributed by atoms with Crippen molar-refractivity contribution in [3.63, 3.8) is 0 Å². The van der Waals surface area contributed by atoms with Crippen molar-refractivity contribution in [3.05, 3.63) is 144 Å². The molecule has 0 unspecified atom stereocenters. The van der Waals surface area contributed by atoms with Gasteiger partial charge in [-0.3, -0.25) is 38.8 Å². The van der Waals surface area contributed by atoms with Gasteiger partial charge >= 0.3 is 23.9 Å². The predicted octanol–water partition coefficient (Wildman–Crippen LogP) is 6.15. The lowest BCUT2D eigenvalue weighted by atomic mass is 9.84. The minimum Gasteiger partial charge on any atom is -0.465 e. The highest BCUT2D eigenvalue weighted by atomic mass is 16.6. The third-order valence-corrected chi connectivity index (χ3v) is 10.4. The van der Waals surface area contributed by atoms with E-state index in [4.69, 9.17) is 18.9 Å². The first-order chi connectivity index (χ1) is 29.1. The molecule has 0 atom stereocenters. The summed E-state index contributed by atoms with van der Waals surface area (Å²) in [6.07, 6.45) is 0. The molecule has 0 aromatic heterocycles. The molecule has 12 nitrogen and oxygen atoms in total. The zero-order chi connectivity index (χ0) is 42.8. The first-order valence-electron chi connectivity index (χ1n) is 20.9. The molecule has 5 rings (SSSR count). The van der Waals surface area contributed by atoms with Crippen molar-refractivity contribution in [2.45, 2.75) is 53.9 Å². The van der Waals surface area contributed by atoms with Crippen LogP contribution in [-0.4, -0.2) is 109 Å². The van der Waals surface area contributed by atoms with Crippen LogP contribution in [0, 0.1) is 10.8 Å². The Morgan fingerprint density at radius 3 is 0.767 bits per heavy atom. The van der Waals surface area contributed by atoms with Crippen molar-refractivity contribution in [2.75, 3.05) is 65.9 Å². The summed E-state index contributed by atoms with van der Waals surface area (Å²) >= 11 is 0. The molecule has 0 aliphatic carbocycles. The maximum Gasteiger partial charge on any atom is 0.326 e. The largest absolute Gasteiger partial charge is 0.465 e. The van der Waals surface area contributed by atoms with Gasteiger partial charge in [0.15, 0.2) is 10.8 Å². The van der Waals surface area contributed by atoms with Gasteiger partial charge in [0.05, 0.1) is 39.8 Å². The Bertz CT molecular complexity index is 1650. The van der Waals surface area contributed by atoms with Gasteiger partial charge in [-0.2, -0.15) is 0 Å². The van der Waals surface area contributed by atoms with Gasteiger partial charge in [-0.05, 0) is 49.9 Å². The van der Waals surface area contributed by atoms with Gasteiger partial charge in [-0.1, -0.05) is 121 Å². The van der Waals surface area contributed by atoms with E-state index in [2.05, 4.69) is 0 Å². The maximum atomic E-state index is 14.7. The molecule has 1 heterocycles. The molecule has 4 aromatic carbocycles. The number of benzene rings is 4. The molecular weight excluding hydrogens is 761 g/mol. The van der Waals surface area contributed by atoms with Crippen LogP contribution < -0.4 is 0 Å². The molecule has 1 aliphatic rings. The third kappa shape index (κ3) is 12.3. The number of nitrogens with zero attached hydrogens (tertiary/aromatic N) is 4. The van der Waals surface area contributed by atoms with E-state index >= 15 is 0 Å². The molecule has 0 bridgehead atoms. The molecular formula is C48H60N4O8. The fraction of sp³-hybridized carbons (Fsp3) is 0.417. The van der Waals surface area contributed by atoms with Crippen molar-refractivity contribution in [1.82, 2.24) is 19.6 Å². The van der Waals surface area contributed by atoms with Crippen LogP contribution in [0.1, 0.15) is 49.9 Å². The highest BCUT2D eigenvalue weighted by Crippen LogP contribution is 2.33. The molecule has 1 fully saturated rings. The van der Waals surface area contributed by atoms with Gasteiger partial charge < -0.3 is 18.9 Å². The van der Waals surface area contributed by atoms with Crippen LogP contribution in [0.15, 0.2) is 121 Å². The van der Waals surface area contributed by atoms with Crippen LogP contribution in [0.5, 0.6) is 0 Å². The van der Waals surface area contributed by atoms with Gasteiger partial charge in [0.2, 0.25) is 0 Å². The molecule has 60 heavy (non-hydrogen) atoms. The SMILES string of the molecule is CCOC(=O)C1(C(=O)OCC)CN(Cc2ccccc2)CN(Cc2ccccc2)CC(C(=O)OCC)(C(=O)OCC)CN(Cc2ccccc2)CN(Cc2ccccc2)C1. The van der Waals surface area contributed by atoms with Gasteiger partial charge in [0.25, 0.3) is 0 Å². The molecule has 12 heteroatoms. The topological polar surface area (TPSA) is 118 Å². The number of ether oxygens (including phenoxy) is 4. The normalized spacial score (nSPS) is 16.7. The van der Waals surface area contributed by atoms with Crippen molar-refractivity contribution in [3.8, 4) is 0 Å². The molecule has 0 amide bonds. The van der Waals surface area contributed by atoms with Crippen LogP contribution in [0.3, 0.4) is 0 Å². The second kappa shape index (κ2) is 22.8. The first kappa shape index (κ1) is 45.7. The second-order valence-corrected chi connectivity index (χ2v) is 15.2. The van der Waals surface area contributed by atoms with E-state index in [1.165, 1.54) is 0 Å². The monoisotopic (exact) mass is 820 g/mol. The molecule has 1 saturated heterocycles. The predicted molar refractivity (Wildman–Crippen MR) is 229 cm³/mol. The van der Waals surface area contributed by atoms with E-state index in [9.17, 15) is 19.2 Å². The number of hydrogen-bond donors (Lipinski definition) is 0. The van der Waals surface area contributed by atoms with Crippen molar-refractivity contribution in [2.24, 2.45) is 10.8 Å². The molecule has 0 saturated carbocycles.